The molecule has 0 heterocycles. The van der Waals surface area contributed by atoms with Gasteiger partial charge < -0.3 is 15.6 Å². The smallest absolute Gasteiger partial charge is 0.310 e. The highest BCUT2D eigenvalue weighted by Gasteiger charge is 2.59. The maximum atomic E-state index is 13.5. The van der Waals surface area contributed by atoms with Crippen molar-refractivity contribution in [3.05, 3.63) is 62.4 Å². The molecule has 1 fully saturated rings. The third kappa shape index (κ3) is 2.42. The molecule has 1 unspecified atom stereocenters. The van der Waals surface area contributed by atoms with Gasteiger partial charge in [-0.05, 0) is 33.8 Å². The maximum Gasteiger partial charge on any atom is 0.310 e. The van der Waals surface area contributed by atoms with Crippen molar-refractivity contribution in [1.82, 2.24) is 0 Å². The number of hydrogen-bond donors (Lipinski definition) is 2. The molecule has 2 aliphatic rings. The number of carbonyl (C=O) groups excluding carboxylic acids is 1. The lowest BCUT2D eigenvalue weighted by Crippen LogP contribution is -2.49. The van der Waals surface area contributed by atoms with Crippen LogP contribution in [0.25, 0.3) is 0 Å². The Morgan fingerprint density at radius 1 is 1.35 bits per heavy atom. The number of allylic oxidation sites excluding steroid dienone is 1. The van der Waals surface area contributed by atoms with E-state index in [0.717, 1.165) is 12.1 Å². The van der Waals surface area contributed by atoms with Crippen LogP contribution in [0.15, 0.2) is 51.0 Å². The number of rotatable bonds is 3. The summed E-state index contributed by atoms with van der Waals surface area (Å²) in [5.74, 6) is -5.17. The first-order valence-corrected chi connectivity index (χ1v) is 7.02. The number of amides is 1. The third-order valence-electron chi connectivity index (χ3n) is 3.33. The monoisotopic (exact) mass is 385 g/mol. The molecule has 1 atom stereocenters. The Morgan fingerprint density at radius 2 is 2.04 bits per heavy atom. The predicted octanol–water partition coefficient (Wildman–Crippen LogP) is 2.54. The number of halogens is 4. The molecule has 118 valence electrons. The maximum absolute atomic E-state index is 13.5. The van der Waals surface area contributed by atoms with Crippen molar-refractivity contribution in [3.63, 3.8) is 0 Å². The minimum atomic E-state index is -3.40. The van der Waals surface area contributed by atoms with E-state index in [9.17, 15) is 23.1 Å². The molecule has 3 rings (SSSR count). The number of fused-ring (bicyclic) bond motifs is 1. The van der Waals surface area contributed by atoms with Crippen LogP contribution < -0.4 is 10.5 Å². The lowest BCUT2D eigenvalue weighted by molar-refractivity contribution is -0.0916. The van der Waals surface area contributed by atoms with Gasteiger partial charge >= 0.3 is 5.92 Å². The molecule has 8 heteroatoms. The molecule has 23 heavy (non-hydrogen) atoms. The molecule has 1 aromatic carbocycles. The van der Waals surface area contributed by atoms with Gasteiger partial charge in [0.1, 0.15) is 17.7 Å². The van der Waals surface area contributed by atoms with E-state index in [1.165, 1.54) is 6.07 Å². The van der Waals surface area contributed by atoms with Crippen molar-refractivity contribution in [2.45, 2.75) is 12.0 Å². The van der Waals surface area contributed by atoms with Crippen LogP contribution in [0.5, 0.6) is 5.75 Å². The Labute approximate surface area is 136 Å². The van der Waals surface area contributed by atoms with Crippen LogP contribution in [0.4, 0.5) is 13.2 Å². The topological polar surface area (TPSA) is 72.6 Å². The Hall–Kier alpha value is -2.24. The first kappa shape index (κ1) is 15.6. The summed E-state index contributed by atoms with van der Waals surface area (Å²) < 4.78 is 45.6. The third-order valence-corrected chi connectivity index (χ3v) is 4.12. The van der Waals surface area contributed by atoms with E-state index in [4.69, 9.17) is 10.5 Å². The van der Waals surface area contributed by atoms with Crippen molar-refractivity contribution in [2.24, 2.45) is 5.73 Å². The van der Waals surface area contributed by atoms with Crippen molar-refractivity contribution in [2.75, 3.05) is 0 Å². The molecule has 3 N–H and O–H groups in total. The fraction of sp³-hybridized carbons (Fsp3) is 0.133. The van der Waals surface area contributed by atoms with E-state index < -0.39 is 29.3 Å². The highest BCUT2D eigenvalue weighted by atomic mass is 79.9. The number of primary amides is 1. The largest absolute Gasteiger partial charge is 0.447 e. The first-order chi connectivity index (χ1) is 10.7. The van der Waals surface area contributed by atoms with Gasteiger partial charge in [0.2, 0.25) is 5.91 Å². The van der Waals surface area contributed by atoms with Crippen LogP contribution in [0, 0.1) is 5.82 Å². The fourth-order valence-corrected chi connectivity index (χ4v) is 2.78. The molecule has 0 aliphatic heterocycles. The van der Waals surface area contributed by atoms with Crippen molar-refractivity contribution >= 4 is 21.8 Å². The van der Waals surface area contributed by atoms with Gasteiger partial charge in [-0.1, -0.05) is 5.73 Å². The van der Waals surface area contributed by atoms with E-state index >= 15 is 0 Å². The standard InChI is InChI=1S/C15H7BrF3NO3/c16-12-10(2-1-9-11(12)13(21)15(9,18)19)23-8-4-6(14(20)22)3-7(17)5-8/h3-5,13,21H,(H2,20,22). The molecule has 2 aliphatic carbocycles. The number of aliphatic hydroxyl groups excluding tert-OH is 1. The summed E-state index contributed by atoms with van der Waals surface area (Å²) in [4.78, 5) is 11.1. The predicted molar refractivity (Wildman–Crippen MR) is 76.5 cm³/mol. The number of ether oxygens (including phenoxy) is 1. The zero-order chi connectivity index (χ0) is 16.9. The summed E-state index contributed by atoms with van der Waals surface area (Å²) in [5.41, 5.74) is 8.98. The summed E-state index contributed by atoms with van der Waals surface area (Å²) in [6.07, 6.45) is -1.99. The molecular weight excluding hydrogens is 379 g/mol. The van der Waals surface area contributed by atoms with Crippen molar-refractivity contribution in [3.8, 4) is 5.75 Å². The molecular formula is C15H7BrF3NO3. The zero-order valence-electron chi connectivity index (χ0n) is 11.2. The van der Waals surface area contributed by atoms with Gasteiger partial charge in [0, 0.05) is 17.2 Å². The average molecular weight is 386 g/mol. The summed E-state index contributed by atoms with van der Waals surface area (Å²) in [7, 11) is 0. The van der Waals surface area contributed by atoms with E-state index in [-0.39, 0.29) is 27.1 Å². The second-order valence-electron chi connectivity index (χ2n) is 4.85. The highest BCUT2D eigenvalue weighted by molar-refractivity contribution is 9.12. The molecule has 1 saturated carbocycles. The number of hydrogen-bond acceptors (Lipinski definition) is 3. The van der Waals surface area contributed by atoms with Gasteiger partial charge in [0.15, 0.2) is 5.76 Å². The van der Waals surface area contributed by atoms with Crippen molar-refractivity contribution < 1.29 is 27.8 Å². The molecule has 1 aromatic rings. The van der Waals surface area contributed by atoms with Gasteiger partial charge in [-0.15, -0.1) is 0 Å². The van der Waals surface area contributed by atoms with E-state index in [1.807, 2.05) is 0 Å². The Bertz CT molecular complexity index is 878. The van der Waals surface area contributed by atoms with Gasteiger partial charge in [-0.25, -0.2) is 4.39 Å². The van der Waals surface area contributed by atoms with E-state index in [0.29, 0.717) is 0 Å². The quantitative estimate of drug-likeness (QED) is 0.785. The number of alkyl halides is 2. The summed E-state index contributed by atoms with van der Waals surface area (Å²) >= 11 is 3.04. The van der Waals surface area contributed by atoms with Gasteiger partial charge in [-0.2, -0.15) is 8.78 Å². The average Bonchev–Trinajstić information content (AvgIpc) is 2.48. The normalized spacial score (nSPS) is 21.2. The fourth-order valence-electron chi connectivity index (χ4n) is 2.19. The minimum absolute atomic E-state index is 0.0505. The van der Waals surface area contributed by atoms with Crippen LogP contribution in [0.1, 0.15) is 10.4 Å². The molecule has 0 bridgehead atoms. The van der Waals surface area contributed by atoms with Crippen LogP contribution >= 0.6 is 15.9 Å². The highest BCUT2D eigenvalue weighted by Crippen LogP contribution is 2.51. The van der Waals surface area contributed by atoms with Crippen molar-refractivity contribution in [1.29, 1.82) is 0 Å². The molecule has 1 amide bonds. The summed E-state index contributed by atoms with van der Waals surface area (Å²) in [6.45, 7) is 0. The Balaban J connectivity index is 2.01. The van der Waals surface area contributed by atoms with E-state index in [2.05, 4.69) is 27.4 Å². The van der Waals surface area contributed by atoms with E-state index in [1.54, 1.807) is 0 Å². The molecule has 0 radical (unpaired) electrons. The van der Waals surface area contributed by atoms with Crippen LogP contribution in [-0.2, 0) is 0 Å². The second kappa shape index (κ2) is 5.15. The first-order valence-electron chi connectivity index (χ1n) is 6.22. The Morgan fingerprint density at radius 3 is 2.70 bits per heavy atom. The summed E-state index contributed by atoms with van der Waals surface area (Å²) in [5, 5.41) is 9.47. The summed E-state index contributed by atoms with van der Waals surface area (Å²) in [6, 6.07) is 3.11. The second-order valence-corrected chi connectivity index (χ2v) is 5.64. The van der Waals surface area contributed by atoms with Crippen LogP contribution in [0.3, 0.4) is 0 Å². The molecule has 4 nitrogen and oxygen atoms in total. The molecule has 0 aromatic heterocycles. The SMILES string of the molecule is NC(=O)c1cc(F)cc(OC2=C=C=C3C(=C2Br)C(O)C3(F)F)c1. The lowest BCUT2D eigenvalue weighted by Gasteiger charge is -2.38. The molecule has 0 saturated heterocycles. The number of carbonyl (C=O) groups is 1. The lowest BCUT2D eigenvalue weighted by atomic mass is 9.77. The van der Waals surface area contributed by atoms with Crippen LogP contribution in [-0.4, -0.2) is 23.0 Å². The van der Waals surface area contributed by atoms with Gasteiger partial charge in [0.05, 0.1) is 10.1 Å². The number of nitrogens with two attached hydrogens (primary N) is 1. The zero-order valence-corrected chi connectivity index (χ0v) is 12.7. The molecule has 0 spiro atoms. The minimum Gasteiger partial charge on any atom is -0.447 e. The van der Waals surface area contributed by atoms with Gasteiger partial charge in [-0.3, -0.25) is 4.79 Å². The number of aliphatic hydroxyl groups is 1. The number of benzene rings is 1. The van der Waals surface area contributed by atoms with Gasteiger partial charge in [0.25, 0.3) is 0 Å². The Kier molecular flexibility index (Phi) is 3.50. The van der Waals surface area contributed by atoms with Crippen LogP contribution in [0.2, 0.25) is 0 Å².